The molecule has 0 spiro atoms. The number of ether oxygens (including phenoxy) is 1. The van der Waals surface area contributed by atoms with Crippen molar-refractivity contribution < 1.29 is 14.6 Å². The maximum atomic E-state index is 11.5. The molecule has 0 aliphatic carbocycles. The summed E-state index contributed by atoms with van der Waals surface area (Å²) in [6.45, 7) is 6.02. The van der Waals surface area contributed by atoms with Crippen molar-refractivity contribution in [3.8, 4) is 0 Å². The van der Waals surface area contributed by atoms with Crippen LogP contribution in [0, 0.1) is 5.92 Å². The van der Waals surface area contributed by atoms with E-state index >= 15 is 0 Å². The first kappa shape index (κ1) is 12.6. The number of aliphatic hydroxyl groups is 1. The summed E-state index contributed by atoms with van der Waals surface area (Å²) in [6.07, 6.45) is 3.38. The van der Waals surface area contributed by atoms with Crippen LogP contribution in [0.1, 0.15) is 26.7 Å². The standard InChI is InChI=1S/C13H21NO3/c1-3-9(2)13(16)17-8-10-4-6-14-7-5-11(15)12(10)14/h3,10-12,15H,4-8H2,1-2H3/b9-3-/t10?,11-,12-/m1/s1. The minimum Gasteiger partial charge on any atom is -0.462 e. The molecule has 2 aliphatic heterocycles. The van der Waals surface area contributed by atoms with Crippen LogP contribution in [0.4, 0.5) is 0 Å². The van der Waals surface area contributed by atoms with E-state index < -0.39 is 0 Å². The number of nitrogens with zero attached hydrogens (tertiary/aromatic N) is 1. The first-order valence-corrected chi connectivity index (χ1v) is 6.35. The summed E-state index contributed by atoms with van der Waals surface area (Å²) >= 11 is 0. The third-order valence-electron chi connectivity index (χ3n) is 3.98. The Morgan fingerprint density at radius 3 is 2.88 bits per heavy atom. The van der Waals surface area contributed by atoms with Crippen molar-refractivity contribution in [1.82, 2.24) is 4.90 Å². The molecule has 4 heteroatoms. The number of hydrogen-bond acceptors (Lipinski definition) is 4. The number of carbonyl (C=O) groups is 1. The summed E-state index contributed by atoms with van der Waals surface area (Å²) in [5.41, 5.74) is 0.645. The van der Waals surface area contributed by atoms with Crippen molar-refractivity contribution in [3.63, 3.8) is 0 Å². The van der Waals surface area contributed by atoms with Gasteiger partial charge in [0.1, 0.15) is 0 Å². The van der Waals surface area contributed by atoms with Gasteiger partial charge >= 0.3 is 5.97 Å². The summed E-state index contributed by atoms with van der Waals surface area (Å²) in [5.74, 6) is 0.0551. The second kappa shape index (κ2) is 5.19. The number of rotatable bonds is 3. The van der Waals surface area contributed by atoms with E-state index in [-0.39, 0.29) is 18.1 Å². The molecule has 2 rings (SSSR count). The molecule has 0 saturated carbocycles. The van der Waals surface area contributed by atoms with Gasteiger partial charge in [0.05, 0.1) is 12.7 Å². The lowest BCUT2D eigenvalue weighted by atomic mass is 9.97. The van der Waals surface area contributed by atoms with Gasteiger partial charge in [-0.05, 0) is 33.2 Å². The molecule has 2 heterocycles. The second-order valence-electron chi connectivity index (χ2n) is 5.00. The number of esters is 1. The molecule has 2 saturated heterocycles. The lowest BCUT2D eigenvalue weighted by molar-refractivity contribution is -0.140. The summed E-state index contributed by atoms with van der Waals surface area (Å²) < 4.78 is 5.29. The van der Waals surface area contributed by atoms with Crippen LogP contribution < -0.4 is 0 Å². The minimum atomic E-state index is -0.246. The first-order chi connectivity index (χ1) is 8.13. The topological polar surface area (TPSA) is 49.8 Å². The molecule has 2 fully saturated rings. The fourth-order valence-electron chi connectivity index (χ4n) is 2.83. The molecule has 0 amide bonds. The smallest absolute Gasteiger partial charge is 0.333 e. The Bertz CT molecular complexity index is 327. The van der Waals surface area contributed by atoms with E-state index in [1.807, 2.05) is 6.92 Å². The number of fused-ring (bicyclic) bond motifs is 1. The zero-order valence-corrected chi connectivity index (χ0v) is 10.6. The molecule has 4 nitrogen and oxygen atoms in total. The molecule has 0 bridgehead atoms. The van der Waals surface area contributed by atoms with Crippen molar-refractivity contribution >= 4 is 5.97 Å². The van der Waals surface area contributed by atoms with Crippen LogP contribution in [0.3, 0.4) is 0 Å². The number of aliphatic hydroxyl groups excluding tert-OH is 1. The van der Waals surface area contributed by atoms with Crippen LogP contribution in [0.25, 0.3) is 0 Å². The van der Waals surface area contributed by atoms with Gasteiger partial charge in [0.25, 0.3) is 0 Å². The van der Waals surface area contributed by atoms with E-state index in [0.717, 1.165) is 25.9 Å². The molecule has 1 unspecified atom stereocenters. The molecule has 0 aromatic rings. The quantitative estimate of drug-likeness (QED) is 0.588. The number of hydrogen-bond donors (Lipinski definition) is 1. The van der Waals surface area contributed by atoms with Gasteiger partial charge in [0.2, 0.25) is 0 Å². The van der Waals surface area contributed by atoms with Crippen LogP contribution >= 0.6 is 0 Å². The molecule has 17 heavy (non-hydrogen) atoms. The highest BCUT2D eigenvalue weighted by atomic mass is 16.5. The fraction of sp³-hybridized carbons (Fsp3) is 0.769. The Morgan fingerprint density at radius 2 is 2.18 bits per heavy atom. The average molecular weight is 239 g/mol. The zero-order valence-electron chi connectivity index (χ0n) is 10.6. The molecule has 96 valence electrons. The summed E-state index contributed by atoms with van der Waals surface area (Å²) in [7, 11) is 0. The second-order valence-corrected chi connectivity index (χ2v) is 5.00. The summed E-state index contributed by atoms with van der Waals surface area (Å²) in [6, 6.07) is 0.203. The van der Waals surface area contributed by atoms with Gasteiger partial charge in [-0.1, -0.05) is 6.08 Å². The van der Waals surface area contributed by atoms with Crippen molar-refractivity contribution in [2.75, 3.05) is 19.7 Å². The van der Waals surface area contributed by atoms with Crippen LogP contribution in [-0.4, -0.2) is 47.8 Å². The molecular weight excluding hydrogens is 218 g/mol. The molecule has 2 aliphatic rings. The molecule has 0 radical (unpaired) electrons. The summed E-state index contributed by atoms with van der Waals surface area (Å²) in [5, 5.41) is 9.90. The van der Waals surface area contributed by atoms with E-state index in [1.165, 1.54) is 0 Å². The van der Waals surface area contributed by atoms with Crippen LogP contribution in [-0.2, 0) is 9.53 Å². The highest BCUT2D eigenvalue weighted by molar-refractivity contribution is 5.87. The molecule has 0 aromatic heterocycles. The van der Waals surface area contributed by atoms with Crippen LogP contribution in [0.15, 0.2) is 11.6 Å². The van der Waals surface area contributed by atoms with Gasteiger partial charge in [-0.15, -0.1) is 0 Å². The van der Waals surface area contributed by atoms with E-state index in [9.17, 15) is 9.90 Å². The molecular formula is C13H21NO3. The Labute approximate surface area is 102 Å². The van der Waals surface area contributed by atoms with Gasteiger partial charge in [-0.3, -0.25) is 4.90 Å². The van der Waals surface area contributed by atoms with Gasteiger partial charge < -0.3 is 9.84 Å². The van der Waals surface area contributed by atoms with E-state index in [4.69, 9.17) is 4.74 Å². The predicted octanol–water partition coefficient (Wildman–Crippen LogP) is 0.951. The predicted molar refractivity (Wildman–Crippen MR) is 64.5 cm³/mol. The van der Waals surface area contributed by atoms with Crippen molar-refractivity contribution in [2.45, 2.75) is 38.8 Å². The molecule has 0 aromatic carbocycles. The lowest BCUT2D eigenvalue weighted by Gasteiger charge is -2.22. The van der Waals surface area contributed by atoms with Crippen LogP contribution in [0.2, 0.25) is 0 Å². The fourth-order valence-corrected chi connectivity index (χ4v) is 2.83. The van der Waals surface area contributed by atoms with E-state index in [0.29, 0.717) is 18.1 Å². The Hall–Kier alpha value is -0.870. The van der Waals surface area contributed by atoms with Gasteiger partial charge in [-0.2, -0.15) is 0 Å². The van der Waals surface area contributed by atoms with E-state index in [2.05, 4.69) is 4.90 Å². The van der Waals surface area contributed by atoms with Crippen LogP contribution in [0.5, 0.6) is 0 Å². The monoisotopic (exact) mass is 239 g/mol. The maximum Gasteiger partial charge on any atom is 0.333 e. The van der Waals surface area contributed by atoms with Crippen molar-refractivity contribution in [1.29, 1.82) is 0 Å². The zero-order chi connectivity index (χ0) is 12.4. The SMILES string of the molecule is C/C=C(/C)C(=O)OCC1CCN2CC[C@@H](O)[C@@H]12. The van der Waals surface area contributed by atoms with Gasteiger partial charge in [-0.25, -0.2) is 4.79 Å². The Balaban J connectivity index is 1.86. The minimum absolute atomic E-state index is 0.203. The van der Waals surface area contributed by atoms with Crippen molar-refractivity contribution in [3.05, 3.63) is 11.6 Å². The van der Waals surface area contributed by atoms with Gasteiger partial charge in [0.15, 0.2) is 0 Å². The first-order valence-electron chi connectivity index (χ1n) is 6.35. The Morgan fingerprint density at radius 1 is 1.47 bits per heavy atom. The van der Waals surface area contributed by atoms with Crippen molar-refractivity contribution in [2.24, 2.45) is 5.92 Å². The number of allylic oxidation sites excluding steroid dienone is 1. The Kier molecular flexibility index (Phi) is 3.84. The third-order valence-corrected chi connectivity index (χ3v) is 3.98. The summed E-state index contributed by atoms with van der Waals surface area (Å²) in [4.78, 5) is 13.8. The lowest BCUT2D eigenvalue weighted by Crippen LogP contribution is -2.36. The largest absolute Gasteiger partial charge is 0.462 e. The number of carbonyl (C=O) groups excluding carboxylic acids is 1. The highest BCUT2D eigenvalue weighted by Gasteiger charge is 2.43. The normalized spacial score (nSPS) is 33.8. The average Bonchev–Trinajstić information content (AvgIpc) is 2.89. The molecule has 1 N–H and O–H groups in total. The molecule has 3 atom stereocenters. The van der Waals surface area contributed by atoms with E-state index in [1.54, 1.807) is 13.0 Å². The highest BCUT2D eigenvalue weighted by Crippen LogP contribution is 2.33. The third kappa shape index (κ3) is 2.53. The van der Waals surface area contributed by atoms with Gasteiger partial charge in [0, 0.05) is 24.1 Å². The maximum absolute atomic E-state index is 11.5.